The first-order valence-electron chi connectivity index (χ1n) is 17.1. The number of aromatic nitrogens is 1. The van der Waals surface area contributed by atoms with Crippen molar-refractivity contribution in [3.05, 3.63) is 24.3 Å². The molecule has 2 aliphatic heterocycles. The Kier molecular flexibility index (Phi) is 4.04. The van der Waals surface area contributed by atoms with Crippen molar-refractivity contribution in [1.29, 1.82) is 0 Å². The van der Waals surface area contributed by atoms with Gasteiger partial charge in [-0.05, 0) is 73.0 Å². The fourth-order valence-corrected chi connectivity index (χ4v) is 8.17. The number of rotatable bonds is 5. The quantitative estimate of drug-likeness (QED) is 0.615. The molecule has 3 saturated carbocycles. The van der Waals surface area contributed by atoms with Gasteiger partial charge in [-0.1, -0.05) is 25.0 Å². The number of aliphatic hydroxyl groups is 1. The Morgan fingerprint density at radius 3 is 2.50 bits per heavy atom. The van der Waals surface area contributed by atoms with Crippen molar-refractivity contribution < 1.29 is 25.7 Å². The maximum atomic E-state index is 13.5. The van der Waals surface area contributed by atoms with Gasteiger partial charge in [0, 0.05) is 49.9 Å². The average molecular weight is 517 g/mol. The molecule has 0 unspecified atom stereocenters. The van der Waals surface area contributed by atoms with Gasteiger partial charge in [0.05, 0.1) is 28.1 Å². The third kappa shape index (κ3) is 3.71. The minimum absolute atomic E-state index is 0.00121. The molecule has 2 aromatic rings. The molecule has 3 heterocycles. The molecule has 1 aromatic heterocycles. The summed E-state index contributed by atoms with van der Waals surface area (Å²) in [5, 5.41) is 10.8. The van der Waals surface area contributed by atoms with Crippen LogP contribution < -0.4 is 4.90 Å². The lowest BCUT2D eigenvalue weighted by Crippen LogP contribution is -2.49. The van der Waals surface area contributed by atoms with E-state index in [2.05, 4.69) is 4.37 Å². The number of carbonyl (C=O) groups is 2. The molecule has 0 spiro atoms. The third-order valence-electron chi connectivity index (χ3n) is 9.14. The molecule has 8 heteroatoms. The van der Waals surface area contributed by atoms with Gasteiger partial charge in [0.25, 0.3) is 0 Å². The number of piperazine rings is 1. The molecule has 2 amide bonds. The number of anilines is 1. The van der Waals surface area contributed by atoms with Gasteiger partial charge in [-0.2, -0.15) is 4.37 Å². The fourth-order valence-electron chi connectivity index (χ4n) is 7.41. The van der Waals surface area contributed by atoms with Crippen LogP contribution in [-0.2, 0) is 9.59 Å². The fraction of sp³-hybridized carbons (Fsp3) is 0.679. The SMILES string of the molecule is [2H]C1([2H])N(C[C@@H]2CCCC[C@H]2CN2C(=O)[C@@H]3[C@H]4C[C@H](C[C@@H]4O)[C@@H]3C2=O)C([2H])([2H])C([2H])([2H])N(c2nsc3ccccc23)C1([2H])[2H]. The maximum Gasteiger partial charge on any atom is 0.233 e. The number of nitrogens with zero attached hydrogens (tertiary/aromatic N) is 4. The van der Waals surface area contributed by atoms with E-state index in [-0.39, 0.29) is 48.5 Å². The second-order valence-corrected chi connectivity index (χ2v) is 11.8. The van der Waals surface area contributed by atoms with E-state index >= 15 is 0 Å². The van der Waals surface area contributed by atoms with E-state index in [1.54, 1.807) is 24.3 Å². The van der Waals surface area contributed by atoms with Gasteiger partial charge in [0.2, 0.25) is 11.8 Å². The molecule has 192 valence electrons. The van der Waals surface area contributed by atoms with Crippen molar-refractivity contribution in [1.82, 2.24) is 14.2 Å². The summed E-state index contributed by atoms with van der Waals surface area (Å²) in [7, 11) is 0. The Bertz CT molecular complexity index is 1480. The van der Waals surface area contributed by atoms with Gasteiger partial charge in [-0.3, -0.25) is 19.4 Å². The highest BCUT2D eigenvalue weighted by Gasteiger charge is 2.63. The molecule has 2 bridgehead atoms. The van der Waals surface area contributed by atoms with E-state index in [9.17, 15) is 14.7 Å². The second kappa shape index (κ2) is 9.07. The van der Waals surface area contributed by atoms with Crippen LogP contribution in [0.15, 0.2) is 24.3 Å². The number of fused-ring (bicyclic) bond motifs is 6. The number of benzene rings is 1. The first kappa shape index (κ1) is 16.0. The van der Waals surface area contributed by atoms with E-state index in [0.29, 0.717) is 45.6 Å². The molecular weight excluding hydrogens is 472 g/mol. The largest absolute Gasteiger partial charge is 0.393 e. The summed E-state index contributed by atoms with van der Waals surface area (Å²) < 4.78 is 76.7. The maximum absolute atomic E-state index is 13.5. The number of imide groups is 1. The first-order chi connectivity index (χ1) is 20.6. The van der Waals surface area contributed by atoms with E-state index in [1.807, 2.05) is 0 Å². The van der Waals surface area contributed by atoms with Crippen molar-refractivity contribution in [3.63, 3.8) is 0 Å². The lowest BCUT2D eigenvalue weighted by molar-refractivity contribution is -0.142. The summed E-state index contributed by atoms with van der Waals surface area (Å²) in [6.07, 6.45) is 3.40. The minimum Gasteiger partial charge on any atom is -0.393 e. The number of carbonyl (C=O) groups excluding carboxylic acids is 2. The van der Waals surface area contributed by atoms with Gasteiger partial charge in [-0.15, -0.1) is 0 Å². The predicted octanol–water partition coefficient (Wildman–Crippen LogP) is 3.23. The first-order valence-corrected chi connectivity index (χ1v) is 13.8. The summed E-state index contributed by atoms with van der Waals surface area (Å²) in [5.41, 5.74) is 0. The summed E-state index contributed by atoms with van der Waals surface area (Å²) in [6.45, 7) is -12.2. The van der Waals surface area contributed by atoms with Crippen molar-refractivity contribution in [2.75, 3.05) is 44.0 Å². The topological polar surface area (TPSA) is 77.0 Å². The van der Waals surface area contributed by atoms with Crippen LogP contribution in [-0.4, -0.2) is 76.3 Å². The van der Waals surface area contributed by atoms with Gasteiger partial charge in [-0.25, -0.2) is 0 Å². The van der Waals surface area contributed by atoms with E-state index < -0.39 is 49.8 Å². The van der Waals surface area contributed by atoms with Crippen molar-refractivity contribution >= 4 is 39.3 Å². The Labute approximate surface area is 227 Å². The van der Waals surface area contributed by atoms with E-state index in [4.69, 9.17) is 11.0 Å². The number of hydrogen-bond donors (Lipinski definition) is 1. The summed E-state index contributed by atoms with van der Waals surface area (Å²) in [4.78, 5) is 29.5. The van der Waals surface area contributed by atoms with Gasteiger partial charge < -0.3 is 10.0 Å². The number of amides is 2. The molecule has 5 aliphatic rings. The Hall–Kier alpha value is -2.03. The summed E-state index contributed by atoms with van der Waals surface area (Å²) in [6, 6.07) is 6.81. The smallest absolute Gasteiger partial charge is 0.233 e. The van der Waals surface area contributed by atoms with Crippen LogP contribution in [0.3, 0.4) is 0 Å². The monoisotopic (exact) mass is 516 g/mol. The van der Waals surface area contributed by atoms with E-state index in [1.165, 1.54) is 4.90 Å². The highest BCUT2D eigenvalue weighted by Crippen LogP contribution is 2.56. The van der Waals surface area contributed by atoms with Crippen LogP contribution in [0.25, 0.3) is 10.1 Å². The van der Waals surface area contributed by atoms with Crippen LogP contribution >= 0.6 is 11.5 Å². The predicted molar refractivity (Wildman–Crippen MR) is 140 cm³/mol. The standard InChI is InChI=1S/C28H36N4O3S/c33-22-14-19-13-21(22)25-24(19)27(34)32(28(25)35)16-18-6-2-1-5-17(18)15-30-9-11-31(12-10-30)26-20-7-3-4-8-23(20)36-29-26/h3-4,7-8,17-19,21-22,24-25,33H,1-2,5-6,9-16H2/t17-,18-,19+,21-,22-,24-,25+/m0/s1/i9D2,10D2,11D2,12D2. The molecule has 0 radical (unpaired) electrons. The highest BCUT2D eigenvalue weighted by molar-refractivity contribution is 7.13. The highest BCUT2D eigenvalue weighted by atomic mass is 32.1. The third-order valence-corrected chi connectivity index (χ3v) is 9.95. The van der Waals surface area contributed by atoms with Gasteiger partial charge in [0.1, 0.15) is 5.82 Å². The molecule has 7 nitrogen and oxygen atoms in total. The van der Waals surface area contributed by atoms with Crippen molar-refractivity contribution in [2.45, 2.75) is 44.6 Å². The van der Waals surface area contributed by atoms with Gasteiger partial charge >= 0.3 is 0 Å². The van der Waals surface area contributed by atoms with Gasteiger partial charge in [0.15, 0.2) is 0 Å². The average Bonchev–Trinajstić information content (AvgIpc) is 3.70. The molecule has 1 N–H and O–H groups in total. The minimum atomic E-state index is -3.03. The zero-order valence-electron chi connectivity index (χ0n) is 28.0. The molecule has 3 aliphatic carbocycles. The lowest BCUT2D eigenvalue weighted by Gasteiger charge is -2.40. The molecule has 36 heavy (non-hydrogen) atoms. The molecule has 5 fully saturated rings. The van der Waals surface area contributed by atoms with Crippen LogP contribution in [0.5, 0.6) is 0 Å². The van der Waals surface area contributed by atoms with Crippen LogP contribution in [0.1, 0.15) is 49.5 Å². The van der Waals surface area contributed by atoms with Crippen molar-refractivity contribution in [2.24, 2.45) is 35.5 Å². The second-order valence-electron chi connectivity index (χ2n) is 11.0. The lowest BCUT2D eigenvalue weighted by atomic mass is 9.78. The number of hydrogen-bond acceptors (Lipinski definition) is 7. The molecule has 7 atom stereocenters. The zero-order valence-corrected chi connectivity index (χ0v) is 20.8. The molecule has 2 saturated heterocycles. The Morgan fingerprint density at radius 2 is 1.69 bits per heavy atom. The Morgan fingerprint density at radius 1 is 0.972 bits per heavy atom. The summed E-state index contributed by atoms with van der Waals surface area (Å²) >= 11 is 1.01. The molecule has 7 rings (SSSR count). The molecule has 1 aromatic carbocycles. The number of likely N-dealkylation sites (tertiary alicyclic amines) is 1. The normalized spacial score (nSPS) is 45.8. The summed E-state index contributed by atoms with van der Waals surface area (Å²) in [5.74, 6) is -2.44. The Balaban J connectivity index is 1.18. The zero-order chi connectivity index (χ0) is 31.6. The number of aliphatic hydroxyl groups excluding tert-OH is 1. The van der Waals surface area contributed by atoms with E-state index in [0.717, 1.165) is 24.4 Å². The van der Waals surface area contributed by atoms with Crippen LogP contribution in [0.2, 0.25) is 0 Å². The van der Waals surface area contributed by atoms with Crippen LogP contribution in [0, 0.1) is 35.5 Å². The molecular formula is C28H36N4O3S. The van der Waals surface area contributed by atoms with Crippen molar-refractivity contribution in [3.8, 4) is 0 Å². The van der Waals surface area contributed by atoms with Crippen LogP contribution in [0.4, 0.5) is 5.82 Å².